The molecule has 4 rings (SSSR count). The van der Waals surface area contributed by atoms with Crippen molar-refractivity contribution in [2.45, 2.75) is 39.0 Å². The van der Waals surface area contributed by atoms with Gasteiger partial charge in [0.25, 0.3) is 0 Å². The molecule has 0 atom stereocenters. The second kappa shape index (κ2) is 12.4. The van der Waals surface area contributed by atoms with Crippen molar-refractivity contribution in [1.82, 2.24) is 15.2 Å². The average Bonchev–Trinajstić information content (AvgIpc) is 3.53. The molecule has 34 heavy (non-hydrogen) atoms. The molecule has 2 fully saturated rings. The normalized spacial score (nSPS) is 17.1. The number of carbonyl (C=O) groups is 2. The number of ketones is 1. The summed E-state index contributed by atoms with van der Waals surface area (Å²) in [6, 6.07) is 5.22. The van der Waals surface area contributed by atoms with E-state index in [0.717, 1.165) is 89.3 Å². The molecule has 0 spiro atoms. The third-order valence-electron chi connectivity index (χ3n) is 6.45. The molecule has 1 aliphatic carbocycles. The van der Waals surface area contributed by atoms with Crippen LogP contribution in [0.2, 0.25) is 0 Å². The molecular formula is C25H35N5O3S. The highest BCUT2D eigenvalue weighted by Crippen LogP contribution is 2.31. The Morgan fingerprint density at radius 1 is 1.15 bits per heavy atom. The summed E-state index contributed by atoms with van der Waals surface area (Å²) < 4.78 is 5.37. The zero-order valence-electron chi connectivity index (χ0n) is 19.9. The van der Waals surface area contributed by atoms with Crippen molar-refractivity contribution < 1.29 is 14.3 Å². The van der Waals surface area contributed by atoms with Gasteiger partial charge in [-0.25, -0.2) is 9.78 Å². The highest BCUT2D eigenvalue weighted by atomic mass is 32.1. The number of aryl methyl sites for hydroxylation is 1. The summed E-state index contributed by atoms with van der Waals surface area (Å²) in [6.07, 6.45) is 4.87. The van der Waals surface area contributed by atoms with E-state index >= 15 is 0 Å². The van der Waals surface area contributed by atoms with Crippen LogP contribution in [0.5, 0.6) is 0 Å². The predicted molar refractivity (Wildman–Crippen MR) is 136 cm³/mol. The van der Waals surface area contributed by atoms with Crippen molar-refractivity contribution in [3.05, 3.63) is 40.4 Å². The van der Waals surface area contributed by atoms with E-state index in [2.05, 4.69) is 25.8 Å². The SMILES string of the molecule is Cc1ccc(NC(=O)Nc2nc(CCNCCN3CCOCC3)cs2)c(C(=O)C2CCCC2)c1. The molecule has 0 radical (unpaired) electrons. The number of nitrogens with one attached hydrogen (secondary N) is 3. The summed E-state index contributed by atoms with van der Waals surface area (Å²) in [5.74, 6) is 0.198. The smallest absolute Gasteiger partial charge is 0.325 e. The standard InChI is InChI=1S/C25H35N5O3S/c1-18-6-7-22(21(16-18)23(31)19-4-2-3-5-19)28-24(32)29-25-27-20(17-34-25)8-9-26-10-11-30-12-14-33-15-13-30/h6-7,16-17,19,26H,2-5,8-15H2,1H3,(H2,27,28,29,32). The van der Waals surface area contributed by atoms with Crippen LogP contribution in [-0.2, 0) is 11.2 Å². The molecule has 1 aliphatic heterocycles. The number of morpholine rings is 1. The van der Waals surface area contributed by atoms with Gasteiger partial charge in [0, 0.05) is 56.0 Å². The maximum atomic E-state index is 13.0. The second-order valence-corrected chi connectivity index (χ2v) is 9.93. The van der Waals surface area contributed by atoms with Gasteiger partial charge in [-0.1, -0.05) is 24.5 Å². The highest BCUT2D eigenvalue weighted by molar-refractivity contribution is 7.13. The zero-order valence-corrected chi connectivity index (χ0v) is 20.7. The summed E-state index contributed by atoms with van der Waals surface area (Å²) in [7, 11) is 0. The molecule has 1 saturated heterocycles. The molecule has 1 aromatic heterocycles. The number of ether oxygens (including phenoxy) is 1. The van der Waals surface area contributed by atoms with Crippen molar-refractivity contribution >= 4 is 34.0 Å². The fourth-order valence-corrected chi connectivity index (χ4v) is 5.25. The summed E-state index contributed by atoms with van der Waals surface area (Å²) >= 11 is 1.41. The first-order valence-corrected chi connectivity index (χ1v) is 13.1. The van der Waals surface area contributed by atoms with Crippen molar-refractivity contribution in [2.75, 3.05) is 56.6 Å². The molecule has 1 saturated carbocycles. The Hall–Kier alpha value is -2.33. The lowest BCUT2D eigenvalue weighted by Crippen LogP contribution is -2.40. The molecule has 184 valence electrons. The van der Waals surface area contributed by atoms with Gasteiger partial charge in [-0.3, -0.25) is 15.0 Å². The maximum Gasteiger partial charge on any atom is 0.325 e. The topological polar surface area (TPSA) is 95.6 Å². The number of carbonyl (C=O) groups excluding carboxylic acids is 2. The maximum absolute atomic E-state index is 13.0. The van der Waals surface area contributed by atoms with E-state index in [0.29, 0.717) is 16.4 Å². The number of Topliss-reactive ketones (excluding diaryl/α,β-unsaturated/α-hetero) is 1. The summed E-state index contributed by atoms with van der Waals surface area (Å²) in [6.45, 7) is 8.43. The quantitative estimate of drug-likeness (QED) is 0.349. The largest absolute Gasteiger partial charge is 0.379 e. The lowest BCUT2D eigenvalue weighted by Gasteiger charge is -2.26. The lowest BCUT2D eigenvalue weighted by molar-refractivity contribution is 0.0385. The Bertz CT molecular complexity index is 967. The number of anilines is 2. The second-order valence-electron chi connectivity index (χ2n) is 9.07. The molecule has 3 N–H and O–H groups in total. The molecule has 9 heteroatoms. The number of amides is 2. The van der Waals surface area contributed by atoms with Crippen LogP contribution in [0.25, 0.3) is 0 Å². The number of aromatic nitrogens is 1. The van der Waals surface area contributed by atoms with Crippen LogP contribution in [0.3, 0.4) is 0 Å². The molecule has 1 aromatic carbocycles. The Labute approximate surface area is 205 Å². The number of hydrogen-bond acceptors (Lipinski definition) is 7. The van der Waals surface area contributed by atoms with Crippen LogP contribution in [0.15, 0.2) is 23.6 Å². The summed E-state index contributed by atoms with van der Waals surface area (Å²) in [5, 5.41) is 11.7. The summed E-state index contributed by atoms with van der Waals surface area (Å²) in [5.41, 5.74) is 3.12. The van der Waals surface area contributed by atoms with Gasteiger partial charge < -0.3 is 15.4 Å². The molecule has 0 bridgehead atoms. The van der Waals surface area contributed by atoms with Gasteiger partial charge in [-0.05, 0) is 31.9 Å². The molecule has 2 aliphatic rings. The van der Waals surface area contributed by atoms with Crippen molar-refractivity contribution in [1.29, 1.82) is 0 Å². The molecule has 2 amide bonds. The van der Waals surface area contributed by atoms with Gasteiger partial charge >= 0.3 is 6.03 Å². The summed E-state index contributed by atoms with van der Waals surface area (Å²) in [4.78, 5) is 32.6. The monoisotopic (exact) mass is 485 g/mol. The number of thiazole rings is 1. The average molecular weight is 486 g/mol. The molecule has 2 heterocycles. The van der Waals surface area contributed by atoms with Gasteiger partial charge in [0.1, 0.15) is 0 Å². The van der Waals surface area contributed by atoms with Crippen LogP contribution >= 0.6 is 11.3 Å². The zero-order chi connectivity index (χ0) is 23.8. The minimum Gasteiger partial charge on any atom is -0.379 e. The van der Waals surface area contributed by atoms with Gasteiger partial charge in [-0.2, -0.15) is 0 Å². The Kier molecular flexibility index (Phi) is 9.04. The minimum absolute atomic E-state index is 0.0643. The first kappa shape index (κ1) is 24.8. The predicted octanol–water partition coefficient (Wildman–Crippen LogP) is 3.93. The van der Waals surface area contributed by atoms with Crippen LogP contribution in [0.4, 0.5) is 15.6 Å². The Morgan fingerprint density at radius 2 is 1.94 bits per heavy atom. The molecular weight excluding hydrogens is 450 g/mol. The van der Waals surface area contributed by atoms with Gasteiger partial charge in [0.05, 0.1) is 24.6 Å². The van der Waals surface area contributed by atoms with Gasteiger partial charge in [0.15, 0.2) is 10.9 Å². The fourth-order valence-electron chi connectivity index (χ4n) is 4.51. The highest BCUT2D eigenvalue weighted by Gasteiger charge is 2.26. The van der Waals surface area contributed by atoms with Crippen molar-refractivity contribution in [3.8, 4) is 0 Å². The minimum atomic E-state index is -0.381. The van der Waals surface area contributed by atoms with Crippen molar-refractivity contribution in [2.24, 2.45) is 5.92 Å². The van der Waals surface area contributed by atoms with E-state index in [9.17, 15) is 9.59 Å². The number of urea groups is 1. The van der Waals surface area contributed by atoms with Crippen molar-refractivity contribution in [3.63, 3.8) is 0 Å². The number of hydrogen-bond donors (Lipinski definition) is 3. The van der Waals surface area contributed by atoms with E-state index in [1.165, 1.54) is 11.3 Å². The third-order valence-corrected chi connectivity index (χ3v) is 7.26. The Balaban J connectivity index is 1.23. The molecule has 2 aromatic rings. The number of nitrogens with zero attached hydrogens (tertiary/aromatic N) is 2. The van der Waals surface area contributed by atoms with E-state index in [4.69, 9.17) is 4.74 Å². The van der Waals surface area contributed by atoms with Crippen LogP contribution in [0.1, 0.15) is 47.3 Å². The Morgan fingerprint density at radius 3 is 2.74 bits per heavy atom. The van der Waals surface area contributed by atoms with Crippen LogP contribution in [-0.4, -0.2) is 67.6 Å². The van der Waals surface area contributed by atoms with Crippen LogP contribution < -0.4 is 16.0 Å². The van der Waals surface area contributed by atoms with Gasteiger partial charge in [0.2, 0.25) is 0 Å². The van der Waals surface area contributed by atoms with E-state index in [1.807, 2.05) is 30.5 Å². The number of rotatable bonds is 10. The first-order chi connectivity index (χ1) is 16.6. The van der Waals surface area contributed by atoms with Crippen LogP contribution in [0, 0.1) is 12.8 Å². The first-order valence-electron chi connectivity index (χ1n) is 12.3. The van der Waals surface area contributed by atoms with E-state index in [1.54, 1.807) is 0 Å². The molecule has 0 unspecified atom stereocenters. The fraction of sp³-hybridized carbons (Fsp3) is 0.560. The lowest BCUT2D eigenvalue weighted by atomic mass is 9.94. The van der Waals surface area contributed by atoms with E-state index < -0.39 is 0 Å². The van der Waals surface area contributed by atoms with E-state index in [-0.39, 0.29) is 17.7 Å². The van der Waals surface area contributed by atoms with Gasteiger partial charge in [-0.15, -0.1) is 11.3 Å². The number of benzene rings is 1. The third kappa shape index (κ3) is 7.09. The molecule has 8 nitrogen and oxygen atoms in total.